The van der Waals surface area contributed by atoms with Crippen LogP contribution in [-0.2, 0) is 14.8 Å². The second kappa shape index (κ2) is 6.83. The lowest BCUT2D eigenvalue weighted by Gasteiger charge is -2.37. The number of nitriles is 1. The minimum Gasteiger partial charge on any atom is -0.379 e. The number of hydrogen-bond acceptors (Lipinski definition) is 6. The number of ether oxygens (including phenoxy) is 1. The first kappa shape index (κ1) is 16.2. The van der Waals surface area contributed by atoms with Crippen molar-refractivity contribution in [3.63, 3.8) is 0 Å². The van der Waals surface area contributed by atoms with Crippen molar-refractivity contribution in [1.82, 2.24) is 9.29 Å². The smallest absolute Gasteiger partial charge is 0.218 e. The molecule has 0 radical (unpaired) electrons. The molecule has 0 aromatic carbocycles. The average molecular weight is 336 g/mol. The van der Waals surface area contributed by atoms with E-state index in [0.717, 1.165) is 13.0 Å². The molecule has 8 heteroatoms. The van der Waals surface area contributed by atoms with Gasteiger partial charge in [0.1, 0.15) is 11.9 Å². The maximum absolute atomic E-state index is 12.8. The Morgan fingerprint density at radius 3 is 2.83 bits per heavy atom. The summed E-state index contributed by atoms with van der Waals surface area (Å²) in [6.07, 6.45) is 3.05. The Balaban J connectivity index is 1.79. The first-order chi connectivity index (χ1) is 11.1. The van der Waals surface area contributed by atoms with Crippen LogP contribution in [0.2, 0.25) is 0 Å². The van der Waals surface area contributed by atoms with Crippen LogP contribution in [-0.4, -0.2) is 62.3 Å². The van der Waals surface area contributed by atoms with Gasteiger partial charge in [-0.2, -0.15) is 9.57 Å². The molecule has 1 aromatic rings. The highest BCUT2D eigenvalue weighted by Crippen LogP contribution is 2.26. The van der Waals surface area contributed by atoms with Gasteiger partial charge in [0.15, 0.2) is 0 Å². The van der Waals surface area contributed by atoms with Crippen LogP contribution in [0.4, 0.5) is 5.82 Å². The van der Waals surface area contributed by atoms with Crippen LogP contribution in [0.5, 0.6) is 0 Å². The van der Waals surface area contributed by atoms with E-state index in [4.69, 9.17) is 4.74 Å². The van der Waals surface area contributed by atoms with E-state index in [9.17, 15) is 13.7 Å². The summed E-state index contributed by atoms with van der Waals surface area (Å²) < 4.78 is 32.4. The van der Waals surface area contributed by atoms with Gasteiger partial charge in [0.05, 0.1) is 24.0 Å². The van der Waals surface area contributed by atoms with E-state index >= 15 is 0 Å². The summed E-state index contributed by atoms with van der Waals surface area (Å²) in [5.41, 5.74) is 0.483. The van der Waals surface area contributed by atoms with Crippen LogP contribution < -0.4 is 4.90 Å². The van der Waals surface area contributed by atoms with Crippen molar-refractivity contribution in [2.45, 2.75) is 18.1 Å². The largest absolute Gasteiger partial charge is 0.379 e. The van der Waals surface area contributed by atoms with Crippen LogP contribution >= 0.6 is 0 Å². The number of morpholine rings is 1. The molecule has 2 aliphatic rings. The number of aromatic nitrogens is 1. The highest BCUT2D eigenvalue weighted by atomic mass is 32.2. The van der Waals surface area contributed by atoms with Gasteiger partial charge in [0.25, 0.3) is 0 Å². The fraction of sp³-hybridized carbons (Fsp3) is 0.600. The second-order valence-electron chi connectivity index (χ2n) is 5.75. The molecule has 0 unspecified atom stereocenters. The Labute approximate surface area is 136 Å². The lowest BCUT2D eigenvalue weighted by molar-refractivity contribution is 0.0725. The zero-order valence-electron chi connectivity index (χ0n) is 12.9. The van der Waals surface area contributed by atoms with Crippen molar-refractivity contribution in [2.24, 2.45) is 0 Å². The lowest BCUT2D eigenvalue weighted by atomic mass is 10.1. The lowest BCUT2D eigenvalue weighted by Crippen LogP contribution is -2.51. The van der Waals surface area contributed by atoms with Crippen molar-refractivity contribution in [1.29, 1.82) is 5.26 Å². The third-order valence-electron chi connectivity index (χ3n) is 4.34. The number of rotatable bonds is 3. The van der Waals surface area contributed by atoms with E-state index in [-0.39, 0.29) is 0 Å². The molecule has 23 heavy (non-hydrogen) atoms. The number of sulfonamides is 1. The monoisotopic (exact) mass is 336 g/mol. The van der Waals surface area contributed by atoms with E-state index in [1.54, 1.807) is 18.3 Å². The summed E-state index contributed by atoms with van der Waals surface area (Å²) >= 11 is 0. The fourth-order valence-corrected chi connectivity index (χ4v) is 5.03. The first-order valence-electron chi connectivity index (χ1n) is 7.79. The summed E-state index contributed by atoms with van der Waals surface area (Å²) in [5, 5.41) is 8.77. The number of piperidine rings is 1. The third-order valence-corrected chi connectivity index (χ3v) is 6.65. The van der Waals surface area contributed by atoms with Crippen molar-refractivity contribution in [2.75, 3.05) is 44.3 Å². The van der Waals surface area contributed by atoms with Crippen molar-refractivity contribution in [3.05, 3.63) is 23.9 Å². The molecule has 3 rings (SSSR count). The predicted octanol–water partition coefficient (Wildman–Crippen LogP) is 0.584. The molecule has 1 atom stereocenters. The quantitative estimate of drug-likeness (QED) is 0.803. The third kappa shape index (κ3) is 3.32. The van der Waals surface area contributed by atoms with Crippen LogP contribution in [0.1, 0.15) is 18.4 Å². The first-order valence-corrected chi connectivity index (χ1v) is 9.30. The molecule has 124 valence electrons. The molecule has 0 spiro atoms. The summed E-state index contributed by atoms with van der Waals surface area (Å²) in [7, 11) is -3.34. The summed E-state index contributed by atoms with van der Waals surface area (Å²) in [4.78, 5) is 6.20. The number of anilines is 1. The molecule has 2 aliphatic heterocycles. The van der Waals surface area contributed by atoms with Gasteiger partial charge in [-0.1, -0.05) is 0 Å². The van der Waals surface area contributed by atoms with Crippen LogP contribution in [0.15, 0.2) is 18.3 Å². The van der Waals surface area contributed by atoms with Crippen molar-refractivity contribution < 1.29 is 13.2 Å². The molecule has 0 amide bonds. The van der Waals surface area contributed by atoms with E-state index < -0.39 is 15.3 Å². The van der Waals surface area contributed by atoms with E-state index in [0.29, 0.717) is 50.7 Å². The van der Waals surface area contributed by atoms with E-state index in [1.807, 2.05) is 4.90 Å². The standard InChI is InChI=1S/C15H20N4O3S/c16-11-13-3-1-5-17-15(13)18-6-2-4-14(12-18)23(20,21)19-7-9-22-10-8-19/h1,3,5,14H,2,4,6-10,12H2/t14-/m1/s1. The minimum absolute atomic E-state index is 0.380. The molecule has 3 heterocycles. The molecule has 1 aromatic heterocycles. The molecular weight excluding hydrogens is 316 g/mol. The zero-order chi connectivity index (χ0) is 16.3. The Morgan fingerprint density at radius 2 is 2.09 bits per heavy atom. The summed E-state index contributed by atoms with van der Waals surface area (Å²) in [6, 6.07) is 5.56. The SMILES string of the molecule is N#Cc1cccnc1N1CCC[C@@H](S(=O)(=O)N2CCOCC2)C1. The Bertz CT molecular complexity index is 695. The number of hydrogen-bond donors (Lipinski definition) is 0. The molecule has 0 N–H and O–H groups in total. The summed E-state index contributed by atoms with van der Waals surface area (Å²) in [6.45, 7) is 2.85. The second-order valence-corrected chi connectivity index (χ2v) is 7.97. The molecule has 0 saturated carbocycles. The highest BCUT2D eigenvalue weighted by Gasteiger charge is 2.36. The van der Waals surface area contributed by atoms with E-state index in [2.05, 4.69) is 11.1 Å². The van der Waals surface area contributed by atoms with Gasteiger partial charge in [-0.15, -0.1) is 0 Å². The minimum atomic E-state index is -3.34. The fourth-order valence-electron chi connectivity index (χ4n) is 3.12. The van der Waals surface area contributed by atoms with Crippen LogP contribution in [0.25, 0.3) is 0 Å². The number of nitrogens with zero attached hydrogens (tertiary/aromatic N) is 4. The van der Waals surface area contributed by atoms with Crippen molar-refractivity contribution >= 4 is 15.8 Å². The Hall–Kier alpha value is -1.69. The van der Waals surface area contributed by atoms with Crippen LogP contribution in [0, 0.1) is 11.3 Å². The Kier molecular flexibility index (Phi) is 4.80. The van der Waals surface area contributed by atoms with Crippen molar-refractivity contribution in [3.8, 4) is 6.07 Å². The maximum atomic E-state index is 12.8. The van der Waals surface area contributed by atoms with E-state index in [1.165, 1.54) is 4.31 Å². The molecule has 0 aliphatic carbocycles. The van der Waals surface area contributed by atoms with Gasteiger partial charge in [-0.3, -0.25) is 0 Å². The number of pyridine rings is 1. The zero-order valence-corrected chi connectivity index (χ0v) is 13.7. The summed E-state index contributed by atoms with van der Waals surface area (Å²) in [5.74, 6) is 0.580. The Morgan fingerprint density at radius 1 is 1.30 bits per heavy atom. The molecule has 2 fully saturated rings. The maximum Gasteiger partial charge on any atom is 0.218 e. The van der Waals surface area contributed by atoms with Gasteiger partial charge in [0.2, 0.25) is 10.0 Å². The molecule has 7 nitrogen and oxygen atoms in total. The normalized spacial score (nSPS) is 23.4. The topological polar surface area (TPSA) is 86.5 Å². The van der Waals surface area contributed by atoms with Gasteiger partial charge < -0.3 is 9.64 Å². The van der Waals surface area contributed by atoms with Gasteiger partial charge in [-0.05, 0) is 25.0 Å². The van der Waals surface area contributed by atoms with Crippen LogP contribution in [0.3, 0.4) is 0 Å². The predicted molar refractivity (Wildman–Crippen MR) is 85.5 cm³/mol. The molecule has 0 bridgehead atoms. The van der Waals surface area contributed by atoms with Gasteiger partial charge in [0, 0.05) is 32.4 Å². The van der Waals surface area contributed by atoms with Gasteiger partial charge >= 0.3 is 0 Å². The molecular formula is C15H20N4O3S. The van der Waals surface area contributed by atoms with Gasteiger partial charge in [-0.25, -0.2) is 13.4 Å². The average Bonchev–Trinajstić information content (AvgIpc) is 2.62. The highest BCUT2D eigenvalue weighted by molar-refractivity contribution is 7.89. The molecule has 2 saturated heterocycles.